The average Bonchev–Trinajstić information content (AvgIpc) is 3.26. The number of rotatable bonds is 4. The van der Waals surface area contributed by atoms with Gasteiger partial charge in [0.25, 0.3) is 10.0 Å². The van der Waals surface area contributed by atoms with Crippen LogP contribution in [0.1, 0.15) is 31.2 Å². The Morgan fingerprint density at radius 3 is 2.44 bits per heavy atom. The van der Waals surface area contributed by atoms with E-state index in [9.17, 15) is 13.2 Å². The number of nitrogens with one attached hydrogen (secondary N) is 2. The van der Waals surface area contributed by atoms with Crippen LogP contribution in [0.5, 0.6) is 0 Å². The monoisotopic (exact) mass is 364 g/mol. The molecule has 0 bridgehead atoms. The van der Waals surface area contributed by atoms with Gasteiger partial charge in [-0.15, -0.1) is 4.40 Å². The van der Waals surface area contributed by atoms with Crippen LogP contribution in [0.3, 0.4) is 0 Å². The van der Waals surface area contributed by atoms with Crippen LogP contribution in [0.2, 0.25) is 0 Å². The number of carbonyl (C=O) groups excluding carboxylic acids is 1. The smallest absolute Gasteiger partial charge is 0.252 e. The van der Waals surface area contributed by atoms with Gasteiger partial charge in [0.15, 0.2) is 0 Å². The topological polar surface area (TPSA) is 90.9 Å². The van der Waals surface area contributed by atoms with Gasteiger partial charge in [-0.2, -0.15) is 0 Å². The van der Waals surface area contributed by atoms with Gasteiger partial charge in [-0.3, -0.25) is 4.79 Å². The number of hydrogen-bond donors (Lipinski definition) is 2. The molecule has 2 aliphatic heterocycles. The van der Waals surface area contributed by atoms with E-state index in [4.69, 9.17) is 0 Å². The van der Waals surface area contributed by atoms with E-state index in [-0.39, 0.29) is 11.9 Å². The van der Waals surface area contributed by atoms with Gasteiger partial charge < -0.3 is 15.5 Å². The molecule has 1 aromatic rings. The summed E-state index contributed by atoms with van der Waals surface area (Å²) in [4.78, 5) is 14.1. The molecule has 2 saturated heterocycles. The fourth-order valence-electron chi connectivity index (χ4n) is 3.22. The maximum absolute atomic E-state index is 12.1. The van der Waals surface area contributed by atoms with Crippen molar-refractivity contribution in [2.45, 2.75) is 31.7 Å². The third kappa shape index (κ3) is 4.79. The Hall–Kier alpha value is -1.93. The fraction of sp³-hybridized carbons (Fsp3) is 0.529. The molecule has 1 aromatic carbocycles. The second-order valence-corrected chi connectivity index (χ2v) is 8.21. The normalized spacial score (nSPS) is 21.6. The maximum atomic E-state index is 12.1. The van der Waals surface area contributed by atoms with Gasteiger partial charge in [-0.25, -0.2) is 8.42 Å². The van der Waals surface area contributed by atoms with Crippen LogP contribution in [0.15, 0.2) is 28.7 Å². The van der Waals surface area contributed by atoms with Gasteiger partial charge in [0.2, 0.25) is 5.91 Å². The zero-order chi connectivity index (χ0) is 17.9. The SMILES string of the molecule is CS(=O)(=O)N=C(c1ccc(NC(=O)[C@H]2CCCN2)cc1)N1CCCC1. The highest BCUT2D eigenvalue weighted by molar-refractivity contribution is 7.89. The van der Waals surface area contributed by atoms with Gasteiger partial charge in [-0.05, 0) is 56.5 Å². The summed E-state index contributed by atoms with van der Waals surface area (Å²) in [5, 5.41) is 6.06. The van der Waals surface area contributed by atoms with E-state index >= 15 is 0 Å². The lowest BCUT2D eigenvalue weighted by atomic mass is 10.1. The number of nitrogens with zero attached hydrogens (tertiary/aromatic N) is 2. The van der Waals surface area contributed by atoms with Gasteiger partial charge in [0.1, 0.15) is 5.84 Å². The Bertz CT molecular complexity index is 747. The summed E-state index contributed by atoms with van der Waals surface area (Å²) in [6, 6.07) is 7.05. The lowest BCUT2D eigenvalue weighted by Crippen LogP contribution is -2.35. The Kier molecular flexibility index (Phi) is 5.39. The molecule has 136 valence electrons. The molecule has 0 aliphatic carbocycles. The molecule has 0 spiro atoms. The summed E-state index contributed by atoms with van der Waals surface area (Å²) in [6.07, 6.45) is 5.03. The number of likely N-dealkylation sites (tertiary alicyclic amines) is 1. The number of amidine groups is 1. The Morgan fingerprint density at radius 2 is 1.88 bits per heavy atom. The van der Waals surface area contributed by atoms with Crippen molar-refractivity contribution in [1.29, 1.82) is 0 Å². The minimum Gasteiger partial charge on any atom is -0.355 e. The predicted molar refractivity (Wildman–Crippen MR) is 98.3 cm³/mol. The van der Waals surface area contributed by atoms with Gasteiger partial charge in [-0.1, -0.05) is 0 Å². The first kappa shape index (κ1) is 17.9. The van der Waals surface area contributed by atoms with Crippen molar-refractivity contribution in [3.8, 4) is 0 Å². The summed E-state index contributed by atoms with van der Waals surface area (Å²) < 4.78 is 27.2. The Balaban J connectivity index is 1.76. The van der Waals surface area contributed by atoms with Crippen LogP contribution in [0, 0.1) is 0 Å². The summed E-state index contributed by atoms with van der Waals surface area (Å²) >= 11 is 0. The molecule has 2 N–H and O–H groups in total. The molecule has 2 aliphatic rings. The van der Waals surface area contributed by atoms with E-state index in [1.165, 1.54) is 0 Å². The first-order valence-corrected chi connectivity index (χ1v) is 10.5. The highest BCUT2D eigenvalue weighted by atomic mass is 32.2. The quantitative estimate of drug-likeness (QED) is 0.618. The lowest BCUT2D eigenvalue weighted by Gasteiger charge is -2.20. The van der Waals surface area contributed by atoms with Crippen molar-refractivity contribution < 1.29 is 13.2 Å². The molecule has 0 unspecified atom stereocenters. The molecule has 0 aromatic heterocycles. The zero-order valence-electron chi connectivity index (χ0n) is 14.4. The summed E-state index contributed by atoms with van der Waals surface area (Å²) in [5.74, 6) is 0.449. The second-order valence-electron chi connectivity index (χ2n) is 6.56. The van der Waals surface area contributed by atoms with E-state index in [1.54, 1.807) is 24.3 Å². The van der Waals surface area contributed by atoms with E-state index in [2.05, 4.69) is 15.0 Å². The van der Waals surface area contributed by atoms with Crippen LogP contribution in [-0.4, -0.2) is 57.0 Å². The summed E-state index contributed by atoms with van der Waals surface area (Å²) in [5.41, 5.74) is 1.44. The van der Waals surface area contributed by atoms with Crippen LogP contribution < -0.4 is 10.6 Å². The molecular weight excluding hydrogens is 340 g/mol. The van der Waals surface area contributed by atoms with Gasteiger partial charge in [0, 0.05) is 24.3 Å². The lowest BCUT2D eigenvalue weighted by molar-refractivity contribution is -0.117. The van der Waals surface area contributed by atoms with Crippen LogP contribution >= 0.6 is 0 Å². The molecule has 7 nitrogen and oxygen atoms in total. The highest BCUT2D eigenvalue weighted by Crippen LogP contribution is 2.18. The highest BCUT2D eigenvalue weighted by Gasteiger charge is 2.22. The van der Waals surface area contributed by atoms with Crippen molar-refractivity contribution in [3.05, 3.63) is 29.8 Å². The summed E-state index contributed by atoms with van der Waals surface area (Å²) in [6.45, 7) is 2.48. The summed E-state index contributed by atoms with van der Waals surface area (Å²) in [7, 11) is -3.48. The van der Waals surface area contributed by atoms with Crippen molar-refractivity contribution in [3.63, 3.8) is 0 Å². The van der Waals surface area contributed by atoms with E-state index in [0.29, 0.717) is 11.5 Å². The van der Waals surface area contributed by atoms with Crippen molar-refractivity contribution in [2.24, 2.45) is 4.40 Å². The Morgan fingerprint density at radius 1 is 1.20 bits per heavy atom. The molecule has 0 saturated carbocycles. The first-order valence-electron chi connectivity index (χ1n) is 8.62. The predicted octanol–water partition coefficient (Wildman–Crippen LogP) is 1.18. The number of sulfonamides is 1. The zero-order valence-corrected chi connectivity index (χ0v) is 15.2. The van der Waals surface area contributed by atoms with Crippen molar-refractivity contribution in [2.75, 3.05) is 31.2 Å². The first-order chi connectivity index (χ1) is 11.9. The Labute approximate surface area is 148 Å². The largest absolute Gasteiger partial charge is 0.355 e. The van der Waals surface area contributed by atoms with Crippen LogP contribution in [-0.2, 0) is 14.8 Å². The molecule has 3 rings (SSSR count). The second kappa shape index (κ2) is 7.53. The number of anilines is 1. The molecule has 0 radical (unpaired) electrons. The molecule has 1 amide bonds. The third-order valence-electron chi connectivity index (χ3n) is 4.45. The van der Waals surface area contributed by atoms with Crippen molar-refractivity contribution in [1.82, 2.24) is 10.2 Å². The third-order valence-corrected chi connectivity index (χ3v) is 4.95. The molecule has 8 heteroatoms. The standard InChI is InChI=1S/C17H24N4O3S/c1-25(23,24)20-16(21-11-2-3-12-21)13-6-8-14(9-7-13)19-17(22)15-5-4-10-18-15/h6-9,15,18H,2-5,10-12H2,1H3,(H,19,22)/t15-/m1/s1. The van der Waals surface area contributed by atoms with E-state index < -0.39 is 10.0 Å². The molecule has 2 fully saturated rings. The average molecular weight is 364 g/mol. The van der Waals surface area contributed by atoms with E-state index in [0.717, 1.165) is 57.1 Å². The minimum atomic E-state index is -3.48. The maximum Gasteiger partial charge on any atom is 0.252 e. The number of benzene rings is 1. The minimum absolute atomic E-state index is 0.0326. The number of amides is 1. The molecule has 1 atom stereocenters. The van der Waals surface area contributed by atoms with Gasteiger partial charge >= 0.3 is 0 Å². The van der Waals surface area contributed by atoms with Crippen molar-refractivity contribution >= 4 is 27.5 Å². The number of hydrogen-bond acceptors (Lipinski definition) is 4. The van der Waals surface area contributed by atoms with Gasteiger partial charge in [0.05, 0.1) is 12.3 Å². The number of carbonyl (C=O) groups is 1. The molecule has 25 heavy (non-hydrogen) atoms. The van der Waals surface area contributed by atoms with Crippen LogP contribution in [0.4, 0.5) is 5.69 Å². The molecular formula is C17H24N4O3S. The fourth-order valence-corrected chi connectivity index (χ4v) is 3.75. The van der Waals surface area contributed by atoms with E-state index in [1.807, 2.05) is 4.90 Å². The van der Waals surface area contributed by atoms with Crippen LogP contribution in [0.25, 0.3) is 0 Å². The molecule has 2 heterocycles.